The van der Waals surface area contributed by atoms with Crippen molar-refractivity contribution in [3.8, 4) is 0 Å². The molecule has 0 bridgehead atoms. The van der Waals surface area contributed by atoms with Crippen LogP contribution in [-0.2, 0) is 11.3 Å². The van der Waals surface area contributed by atoms with Gasteiger partial charge in [0.25, 0.3) is 5.91 Å². The number of carbonyl (C=O) groups is 1. The molecular weight excluding hydrogens is 304 g/mol. The number of aromatic nitrogens is 1. The summed E-state index contributed by atoms with van der Waals surface area (Å²) in [4.78, 5) is 18.4. The van der Waals surface area contributed by atoms with Crippen molar-refractivity contribution in [2.75, 3.05) is 26.3 Å². The minimum Gasteiger partial charge on any atom is -0.379 e. The van der Waals surface area contributed by atoms with E-state index in [4.69, 9.17) is 4.74 Å². The second-order valence-electron chi connectivity index (χ2n) is 5.57. The summed E-state index contributed by atoms with van der Waals surface area (Å²) in [7, 11) is 0. The van der Waals surface area contributed by atoms with Crippen molar-refractivity contribution in [1.29, 1.82) is 0 Å². The first-order valence-electron chi connectivity index (χ1n) is 7.94. The van der Waals surface area contributed by atoms with E-state index >= 15 is 0 Å². The highest BCUT2D eigenvalue weighted by Gasteiger charge is 2.11. The summed E-state index contributed by atoms with van der Waals surface area (Å²) >= 11 is 0. The average Bonchev–Trinajstić information content (AvgIpc) is 2.64. The van der Waals surface area contributed by atoms with Crippen LogP contribution in [0, 0.1) is 0 Å². The van der Waals surface area contributed by atoms with E-state index in [9.17, 15) is 4.79 Å². The number of pyridine rings is 1. The molecule has 1 N–H and O–H groups in total. The van der Waals surface area contributed by atoms with Gasteiger partial charge >= 0.3 is 0 Å². The Hall–Kier alpha value is -2.57. The second kappa shape index (κ2) is 8.33. The molecule has 2 aromatic rings. The van der Waals surface area contributed by atoms with E-state index in [1.807, 2.05) is 36.4 Å². The SMILES string of the molecule is O=C(N/N=C\c1cccnc1)c1ccc(CN2CCOCC2)cc1. The lowest BCUT2D eigenvalue weighted by Crippen LogP contribution is -2.35. The van der Waals surface area contributed by atoms with Crippen LogP contribution in [0.2, 0.25) is 0 Å². The highest BCUT2D eigenvalue weighted by Crippen LogP contribution is 2.09. The molecule has 0 unspecified atom stereocenters. The third-order valence-electron chi connectivity index (χ3n) is 3.79. The first-order chi connectivity index (χ1) is 11.8. The minimum absolute atomic E-state index is 0.229. The zero-order valence-corrected chi connectivity index (χ0v) is 13.4. The summed E-state index contributed by atoms with van der Waals surface area (Å²) in [5.41, 5.74) is 5.13. The summed E-state index contributed by atoms with van der Waals surface area (Å²) < 4.78 is 5.35. The highest BCUT2D eigenvalue weighted by atomic mass is 16.5. The monoisotopic (exact) mass is 324 g/mol. The van der Waals surface area contributed by atoms with Gasteiger partial charge in [-0.15, -0.1) is 0 Å². The molecule has 24 heavy (non-hydrogen) atoms. The fourth-order valence-electron chi connectivity index (χ4n) is 2.46. The number of carbonyl (C=O) groups excluding carboxylic acids is 1. The van der Waals surface area contributed by atoms with Crippen molar-refractivity contribution >= 4 is 12.1 Å². The molecule has 6 heteroatoms. The molecule has 0 saturated carbocycles. The van der Waals surface area contributed by atoms with Crippen molar-refractivity contribution in [1.82, 2.24) is 15.3 Å². The van der Waals surface area contributed by atoms with E-state index in [0.717, 1.165) is 38.4 Å². The third kappa shape index (κ3) is 4.71. The molecule has 1 aliphatic heterocycles. The Morgan fingerprint density at radius 3 is 2.75 bits per heavy atom. The van der Waals surface area contributed by atoms with Crippen LogP contribution in [-0.4, -0.2) is 48.3 Å². The van der Waals surface area contributed by atoms with Gasteiger partial charge in [0, 0.05) is 43.2 Å². The first kappa shape index (κ1) is 16.3. The normalized spacial score (nSPS) is 15.5. The number of hydrogen-bond donors (Lipinski definition) is 1. The minimum atomic E-state index is -0.229. The van der Waals surface area contributed by atoms with E-state index in [1.54, 1.807) is 18.6 Å². The number of amides is 1. The number of nitrogens with one attached hydrogen (secondary N) is 1. The summed E-state index contributed by atoms with van der Waals surface area (Å²) in [5.74, 6) is -0.229. The molecule has 3 rings (SSSR count). The molecular formula is C18H20N4O2. The van der Waals surface area contributed by atoms with Crippen LogP contribution in [0.4, 0.5) is 0 Å². The molecule has 1 fully saturated rings. The van der Waals surface area contributed by atoms with E-state index in [1.165, 1.54) is 5.56 Å². The molecule has 1 aromatic carbocycles. The van der Waals surface area contributed by atoms with Crippen molar-refractivity contribution < 1.29 is 9.53 Å². The number of rotatable bonds is 5. The predicted molar refractivity (Wildman–Crippen MR) is 91.8 cm³/mol. The van der Waals surface area contributed by atoms with Gasteiger partial charge in [0.1, 0.15) is 0 Å². The maximum Gasteiger partial charge on any atom is 0.271 e. The average molecular weight is 324 g/mol. The molecule has 124 valence electrons. The topological polar surface area (TPSA) is 66.8 Å². The molecule has 0 atom stereocenters. The molecule has 1 amide bonds. The standard InChI is InChI=1S/C18H20N4O2/c23-18(21-20-13-16-2-1-7-19-12-16)17-5-3-15(4-6-17)14-22-8-10-24-11-9-22/h1-7,12-13H,8-11,14H2,(H,21,23)/b20-13-. The summed E-state index contributed by atoms with van der Waals surface area (Å²) in [6.45, 7) is 4.35. The highest BCUT2D eigenvalue weighted by molar-refractivity contribution is 5.94. The Labute approximate surface area is 141 Å². The van der Waals surface area contributed by atoms with E-state index in [-0.39, 0.29) is 5.91 Å². The number of hydrogen-bond acceptors (Lipinski definition) is 5. The Morgan fingerprint density at radius 2 is 2.04 bits per heavy atom. The zero-order chi connectivity index (χ0) is 16.6. The Morgan fingerprint density at radius 1 is 1.25 bits per heavy atom. The van der Waals surface area contributed by atoms with Gasteiger partial charge in [0.2, 0.25) is 0 Å². The van der Waals surface area contributed by atoms with Gasteiger partial charge in [-0.25, -0.2) is 5.43 Å². The van der Waals surface area contributed by atoms with Crippen LogP contribution in [0.25, 0.3) is 0 Å². The summed E-state index contributed by atoms with van der Waals surface area (Å²) in [6.07, 6.45) is 4.93. The maximum atomic E-state index is 12.1. The number of hydrazone groups is 1. The smallest absolute Gasteiger partial charge is 0.271 e. The largest absolute Gasteiger partial charge is 0.379 e. The number of ether oxygens (including phenoxy) is 1. The van der Waals surface area contributed by atoms with E-state index in [2.05, 4.69) is 20.4 Å². The quantitative estimate of drug-likeness (QED) is 0.671. The lowest BCUT2D eigenvalue weighted by atomic mass is 10.1. The summed E-state index contributed by atoms with van der Waals surface area (Å²) in [5, 5.41) is 3.95. The van der Waals surface area contributed by atoms with Gasteiger partial charge in [-0.2, -0.15) is 5.10 Å². The molecule has 0 radical (unpaired) electrons. The Kier molecular flexibility index (Phi) is 5.65. The first-order valence-corrected chi connectivity index (χ1v) is 7.94. The van der Waals surface area contributed by atoms with Crippen molar-refractivity contribution in [2.24, 2.45) is 5.10 Å². The van der Waals surface area contributed by atoms with Gasteiger partial charge in [-0.1, -0.05) is 18.2 Å². The van der Waals surface area contributed by atoms with Crippen LogP contribution in [0.5, 0.6) is 0 Å². The molecule has 0 spiro atoms. The number of nitrogens with zero attached hydrogens (tertiary/aromatic N) is 3. The van der Waals surface area contributed by atoms with Crippen molar-refractivity contribution in [3.05, 3.63) is 65.5 Å². The third-order valence-corrected chi connectivity index (χ3v) is 3.79. The lowest BCUT2D eigenvalue weighted by molar-refractivity contribution is 0.0342. The molecule has 2 heterocycles. The fraction of sp³-hybridized carbons (Fsp3) is 0.278. The van der Waals surface area contributed by atoms with Crippen LogP contribution in [0.3, 0.4) is 0 Å². The Bertz CT molecular complexity index is 680. The van der Waals surface area contributed by atoms with Gasteiger partial charge in [0.05, 0.1) is 19.4 Å². The van der Waals surface area contributed by atoms with Crippen LogP contribution < -0.4 is 5.43 Å². The van der Waals surface area contributed by atoms with Gasteiger partial charge in [-0.3, -0.25) is 14.7 Å². The van der Waals surface area contributed by atoms with Crippen molar-refractivity contribution in [3.63, 3.8) is 0 Å². The molecule has 1 saturated heterocycles. The van der Waals surface area contributed by atoms with Gasteiger partial charge < -0.3 is 4.74 Å². The summed E-state index contributed by atoms with van der Waals surface area (Å²) in [6, 6.07) is 11.3. The molecule has 0 aliphatic carbocycles. The zero-order valence-electron chi connectivity index (χ0n) is 13.4. The fourth-order valence-corrected chi connectivity index (χ4v) is 2.46. The van der Waals surface area contributed by atoms with Gasteiger partial charge in [-0.05, 0) is 23.8 Å². The lowest BCUT2D eigenvalue weighted by Gasteiger charge is -2.26. The van der Waals surface area contributed by atoms with Crippen LogP contribution in [0.15, 0.2) is 53.9 Å². The maximum absolute atomic E-state index is 12.1. The number of morpholine rings is 1. The molecule has 6 nitrogen and oxygen atoms in total. The van der Waals surface area contributed by atoms with Crippen LogP contribution >= 0.6 is 0 Å². The number of benzene rings is 1. The van der Waals surface area contributed by atoms with Crippen molar-refractivity contribution in [2.45, 2.75) is 6.54 Å². The van der Waals surface area contributed by atoms with E-state index < -0.39 is 0 Å². The Balaban J connectivity index is 1.52. The van der Waals surface area contributed by atoms with Gasteiger partial charge in [0.15, 0.2) is 0 Å². The van der Waals surface area contributed by atoms with E-state index in [0.29, 0.717) is 5.56 Å². The predicted octanol–water partition coefficient (Wildman–Crippen LogP) is 1.68. The molecule has 1 aromatic heterocycles. The second-order valence-corrected chi connectivity index (χ2v) is 5.57. The molecule has 1 aliphatic rings. The van der Waals surface area contributed by atoms with Crippen LogP contribution in [0.1, 0.15) is 21.5 Å².